The maximum Gasteiger partial charge on any atom is 0.142 e. The van der Waals surface area contributed by atoms with Crippen molar-refractivity contribution in [1.82, 2.24) is 0 Å². The molecule has 0 radical (unpaired) electrons. The molecule has 0 aromatic carbocycles. The van der Waals surface area contributed by atoms with Gasteiger partial charge >= 0.3 is 0 Å². The predicted octanol–water partition coefficient (Wildman–Crippen LogP) is 2.48. The van der Waals surface area contributed by atoms with Gasteiger partial charge in [-0.15, -0.1) is 11.6 Å². The molecule has 1 nitrogen and oxygen atoms in total. The highest BCUT2D eigenvalue weighted by molar-refractivity contribution is 6.21. The van der Waals surface area contributed by atoms with Crippen LogP contribution in [-0.4, -0.2) is 16.1 Å². The normalized spacial score (nSPS) is 34.2. The molecule has 13 heavy (non-hydrogen) atoms. The van der Waals surface area contributed by atoms with E-state index in [0.717, 1.165) is 25.7 Å². The van der Waals surface area contributed by atoms with E-state index in [2.05, 4.69) is 18.4 Å². The van der Waals surface area contributed by atoms with Gasteiger partial charge in [0.05, 0.1) is 5.38 Å². The van der Waals surface area contributed by atoms with Crippen LogP contribution >= 0.6 is 11.6 Å². The third-order valence-corrected chi connectivity index (χ3v) is 3.00. The fraction of sp³-hybridized carbons (Fsp3) is 0.636. The molecule has 0 aromatic rings. The fourth-order valence-electron chi connectivity index (χ4n) is 1.61. The minimum absolute atomic E-state index is 0.234. The van der Waals surface area contributed by atoms with Crippen LogP contribution in [0.4, 0.5) is 0 Å². The van der Waals surface area contributed by atoms with Crippen LogP contribution in [0.15, 0.2) is 12.7 Å². The van der Waals surface area contributed by atoms with E-state index in [9.17, 15) is 5.11 Å². The van der Waals surface area contributed by atoms with Gasteiger partial charge in [-0.05, 0) is 25.3 Å². The number of rotatable bonds is 0. The molecule has 0 spiro atoms. The molecule has 1 rings (SSSR count). The third kappa shape index (κ3) is 2.76. The van der Waals surface area contributed by atoms with E-state index in [-0.39, 0.29) is 5.38 Å². The second-order valence-corrected chi connectivity index (χ2v) is 3.99. The summed E-state index contributed by atoms with van der Waals surface area (Å²) in [5, 5.41) is 9.86. The van der Waals surface area contributed by atoms with Crippen LogP contribution in [0.5, 0.6) is 0 Å². The van der Waals surface area contributed by atoms with Crippen LogP contribution in [0.25, 0.3) is 0 Å². The van der Waals surface area contributed by atoms with Crippen LogP contribution in [-0.2, 0) is 0 Å². The van der Waals surface area contributed by atoms with Crippen LogP contribution in [0.1, 0.15) is 32.1 Å². The van der Waals surface area contributed by atoms with Crippen LogP contribution in [0.3, 0.4) is 0 Å². The first-order chi connectivity index (χ1) is 6.19. The van der Waals surface area contributed by atoms with E-state index in [0.29, 0.717) is 6.42 Å². The Labute approximate surface area is 84.8 Å². The Balaban J connectivity index is 2.76. The summed E-state index contributed by atoms with van der Waals surface area (Å²) < 4.78 is 0. The first kappa shape index (κ1) is 10.6. The van der Waals surface area contributed by atoms with Crippen molar-refractivity contribution < 1.29 is 5.11 Å². The Morgan fingerprint density at radius 3 is 2.92 bits per heavy atom. The molecule has 1 N–H and O–H groups in total. The third-order valence-electron chi connectivity index (χ3n) is 2.42. The summed E-state index contributed by atoms with van der Waals surface area (Å²) in [6.45, 7) is 3.50. The van der Waals surface area contributed by atoms with Gasteiger partial charge in [0.1, 0.15) is 5.60 Å². The molecule has 1 aliphatic rings. The standard InChI is InChI=1S/C11H15ClO/c1-2-3-8-11(13)9-6-4-5-7-10(11)12/h2,10,13H,1,4-7,9H2/t10-,11+/m1/s1. The Morgan fingerprint density at radius 1 is 1.46 bits per heavy atom. The number of hydrogen-bond acceptors (Lipinski definition) is 1. The number of alkyl halides is 1. The molecule has 0 aliphatic heterocycles. The van der Waals surface area contributed by atoms with Crippen molar-refractivity contribution >= 4 is 11.6 Å². The Morgan fingerprint density at radius 2 is 2.23 bits per heavy atom. The Hall–Kier alpha value is -0.450. The summed E-state index contributed by atoms with van der Waals surface area (Å²) in [5.74, 6) is 5.49. The largest absolute Gasteiger partial charge is 0.376 e. The molecule has 72 valence electrons. The second kappa shape index (κ2) is 4.69. The van der Waals surface area contributed by atoms with Crippen LogP contribution in [0.2, 0.25) is 0 Å². The average Bonchev–Trinajstić information content (AvgIpc) is 2.28. The van der Waals surface area contributed by atoms with E-state index in [1.807, 2.05) is 0 Å². The van der Waals surface area contributed by atoms with E-state index >= 15 is 0 Å². The van der Waals surface area contributed by atoms with Crippen molar-refractivity contribution in [1.29, 1.82) is 0 Å². The van der Waals surface area contributed by atoms with E-state index in [1.165, 1.54) is 6.08 Å². The smallest absolute Gasteiger partial charge is 0.142 e. The van der Waals surface area contributed by atoms with E-state index in [4.69, 9.17) is 11.6 Å². The van der Waals surface area contributed by atoms with E-state index in [1.54, 1.807) is 0 Å². The minimum Gasteiger partial charge on any atom is -0.376 e. The first-order valence-corrected chi connectivity index (χ1v) is 5.13. The van der Waals surface area contributed by atoms with Gasteiger partial charge in [0.2, 0.25) is 0 Å². The van der Waals surface area contributed by atoms with E-state index < -0.39 is 5.60 Å². The van der Waals surface area contributed by atoms with Crippen molar-refractivity contribution in [3.8, 4) is 11.8 Å². The van der Waals surface area contributed by atoms with Crippen molar-refractivity contribution in [3.05, 3.63) is 12.7 Å². The zero-order valence-corrected chi connectivity index (χ0v) is 8.48. The van der Waals surface area contributed by atoms with Gasteiger partial charge in [-0.25, -0.2) is 0 Å². The fourth-order valence-corrected chi connectivity index (χ4v) is 1.93. The summed E-state index contributed by atoms with van der Waals surface area (Å²) in [6.07, 6.45) is 6.26. The molecule has 0 amide bonds. The molecule has 0 unspecified atom stereocenters. The number of halogens is 1. The highest BCUT2D eigenvalue weighted by Gasteiger charge is 2.34. The highest BCUT2D eigenvalue weighted by atomic mass is 35.5. The van der Waals surface area contributed by atoms with Crippen molar-refractivity contribution in [2.24, 2.45) is 0 Å². The van der Waals surface area contributed by atoms with Gasteiger partial charge in [0.25, 0.3) is 0 Å². The molecule has 0 bridgehead atoms. The maximum atomic E-state index is 10.1. The zero-order chi connectivity index (χ0) is 9.73. The van der Waals surface area contributed by atoms with Gasteiger partial charge in [-0.2, -0.15) is 0 Å². The van der Waals surface area contributed by atoms with Crippen molar-refractivity contribution in [2.45, 2.75) is 43.1 Å². The maximum absolute atomic E-state index is 10.1. The summed E-state index contributed by atoms with van der Waals surface area (Å²) in [5.41, 5.74) is -0.994. The monoisotopic (exact) mass is 198 g/mol. The molecular weight excluding hydrogens is 184 g/mol. The van der Waals surface area contributed by atoms with Crippen molar-refractivity contribution in [2.75, 3.05) is 0 Å². The summed E-state index contributed by atoms with van der Waals surface area (Å²) in [4.78, 5) is 0. The Bertz CT molecular complexity index is 238. The predicted molar refractivity (Wildman–Crippen MR) is 55.6 cm³/mol. The number of allylic oxidation sites excluding steroid dienone is 1. The lowest BCUT2D eigenvalue weighted by molar-refractivity contribution is 0.0888. The number of aliphatic hydroxyl groups is 1. The van der Waals surface area contributed by atoms with Gasteiger partial charge in [-0.3, -0.25) is 0 Å². The average molecular weight is 199 g/mol. The molecule has 1 fully saturated rings. The molecule has 2 heteroatoms. The van der Waals surface area contributed by atoms with Crippen molar-refractivity contribution in [3.63, 3.8) is 0 Å². The SMILES string of the molecule is C=CC#C[C@]1(O)CCCCC[C@H]1Cl. The lowest BCUT2D eigenvalue weighted by Crippen LogP contribution is -2.36. The zero-order valence-electron chi connectivity index (χ0n) is 7.72. The lowest BCUT2D eigenvalue weighted by Gasteiger charge is -2.24. The topological polar surface area (TPSA) is 20.2 Å². The van der Waals surface area contributed by atoms with Crippen LogP contribution < -0.4 is 0 Å². The first-order valence-electron chi connectivity index (χ1n) is 4.69. The molecule has 1 saturated carbocycles. The summed E-state index contributed by atoms with van der Waals surface area (Å²) in [7, 11) is 0. The van der Waals surface area contributed by atoms with Crippen LogP contribution in [0, 0.1) is 11.8 Å². The Kier molecular flexibility index (Phi) is 3.84. The molecule has 0 saturated heterocycles. The highest BCUT2D eigenvalue weighted by Crippen LogP contribution is 2.30. The van der Waals surface area contributed by atoms with Gasteiger partial charge in [0.15, 0.2) is 0 Å². The summed E-state index contributed by atoms with van der Waals surface area (Å²) in [6, 6.07) is 0. The molecule has 0 heterocycles. The molecule has 2 atom stereocenters. The molecule has 1 aliphatic carbocycles. The quantitative estimate of drug-likeness (QED) is 0.360. The minimum atomic E-state index is -0.994. The molecule has 0 aromatic heterocycles. The summed E-state index contributed by atoms with van der Waals surface area (Å²) >= 11 is 6.08. The lowest BCUT2D eigenvalue weighted by atomic mass is 9.95. The second-order valence-electron chi connectivity index (χ2n) is 3.46. The van der Waals surface area contributed by atoms with Gasteiger partial charge in [-0.1, -0.05) is 31.3 Å². The number of hydrogen-bond donors (Lipinski definition) is 1. The van der Waals surface area contributed by atoms with Gasteiger partial charge in [0, 0.05) is 0 Å². The molecular formula is C11H15ClO. The van der Waals surface area contributed by atoms with Gasteiger partial charge < -0.3 is 5.11 Å².